The number of carbonyl (C=O) groups excluding carboxylic acids is 8. The number of aromatic nitrogens is 1. The van der Waals surface area contributed by atoms with E-state index in [1.807, 2.05) is 41.5 Å². The number of hydrogen-bond donors (Lipinski definition) is 5. The second-order valence-corrected chi connectivity index (χ2v) is 27.9. The van der Waals surface area contributed by atoms with Crippen LogP contribution < -0.4 is 46.5 Å². The minimum Gasteiger partial charge on any atom is -0.549 e. The van der Waals surface area contributed by atoms with Gasteiger partial charge in [-0.05, 0) is 70.9 Å². The Labute approximate surface area is 489 Å². The molecule has 2 aromatic carbocycles. The normalized spacial score (nSPS) is 17.1. The molecular weight excluding hydrogens is 1110 g/mol. The molecule has 0 bridgehead atoms. The molecule has 25 nitrogen and oxygen atoms in total. The summed E-state index contributed by atoms with van der Waals surface area (Å²) in [5.41, 5.74) is 0.870. The maximum Gasteiger partial charge on any atom is 0.320 e. The van der Waals surface area contributed by atoms with Crippen molar-refractivity contribution in [2.24, 2.45) is 0 Å². The molecule has 5 amide bonds. The first-order chi connectivity index (χ1) is 39.6. The number of carboxylic acid groups (broad SMARTS) is 4. The van der Waals surface area contributed by atoms with Crippen molar-refractivity contribution >= 4 is 77.9 Å². The minimum atomic E-state index is -3.68. The van der Waals surface area contributed by atoms with Crippen LogP contribution in [0.1, 0.15) is 94.4 Å². The van der Waals surface area contributed by atoms with E-state index < -0.39 is 117 Å². The number of amides is 5. The molecule has 27 heteroatoms. The third-order valence-electron chi connectivity index (χ3n) is 15.0. The molecule has 0 aliphatic carbocycles. The first-order valence-corrected chi connectivity index (χ1v) is 29.8. The highest BCUT2D eigenvalue weighted by atomic mass is 28.4. The van der Waals surface area contributed by atoms with E-state index in [1.165, 1.54) is 48.9 Å². The van der Waals surface area contributed by atoms with E-state index in [0.29, 0.717) is 41.2 Å². The Kier molecular flexibility index (Phi) is 24.6. The molecule has 5 rings (SSSR count). The fourth-order valence-corrected chi connectivity index (χ4v) is 15.4. The summed E-state index contributed by atoms with van der Waals surface area (Å²) >= 11 is 0. The van der Waals surface area contributed by atoms with Gasteiger partial charge in [-0.3, -0.25) is 63.1 Å². The standard InChI is InChI=1S/C57H80FN11O14Si/c1-56(2,3)84(58,57(4,5)6)40-14-11-38(12-15-40)52(78)62-33-44(54(80)61-20-9-31-83-39-13-16-43-42(32-39)41(19-21-60-43)53(79)63-34-48(71)69-22-8-10-46(69)59-7)64-47(70)18-17-45(55(81)82)68-29-27-66(36-50(74)75)25-23-65(35-49(72)73)24-26-67(28-30-68)37-51(76)77/h11-16,19,21,32,44-46H,8-10,17-18,20,22-31,33-37H2,1-6H3,(H,61,80)(H,62,78)(H,63,79)(H,64,70)(H,72,73)(H,74,75)(H,76,77)(H,81,82)/p-3/t44-,45-,46+/m1/s1/i58-1. The summed E-state index contributed by atoms with van der Waals surface area (Å²) < 4.78 is 23.1. The van der Waals surface area contributed by atoms with Crippen molar-refractivity contribution in [3.63, 3.8) is 0 Å². The predicted octanol–water partition coefficient (Wildman–Crippen LogP) is -1.94. The highest BCUT2D eigenvalue weighted by Gasteiger charge is 2.56. The average molecular weight is 1190 g/mol. The van der Waals surface area contributed by atoms with Gasteiger partial charge in [-0.15, -0.1) is 0 Å². The van der Waals surface area contributed by atoms with Crippen molar-refractivity contribution in [3.8, 4) is 5.75 Å². The highest BCUT2D eigenvalue weighted by Crippen LogP contribution is 2.51. The number of nitrogens with zero attached hydrogens (tertiary/aromatic N) is 7. The molecule has 0 radical (unpaired) electrons. The van der Waals surface area contributed by atoms with Crippen LogP contribution in [-0.2, 0) is 33.6 Å². The van der Waals surface area contributed by atoms with Crippen molar-refractivity contribution in [2.45, 2.75) is 102 Å². The first-order valence-electron chi connectivity index (χ1n) is 28.0. The van der Waals surface area contributed by atoms with Gasteiger partial charge >= 0.3 is 12.1 Å². The van der Waals surface area contributed by atoms with Gasteiger partial charge in [-0.1, -0.05) is 53.7 Å². The van der Waals surface area contributed by atoms with Crippen LogP contribution in [0.15, 0.2) is 54.7 Å². The lowest BCUT2D eigenvalue weighted by atomic mass is 10.1. The predicted molar refractivity (Wildman–Crippen MR) is 302 cm³/mol. The number of halogens is 1. The van der Waals surface area contributed by atoms with Crippen LogP contribution in [0.25, 0.3) is 15.7 Å². The van der Waals surface area contributed by atoms with Crippen LogP contribution in [0.5, 0.6) is 5.75 Å². The molecule has 3 atom stereocenters. The Morgan fingerprint density at radius 3 is 1.88 bits per heavy atom. The van der Waals surface area contributed by atoms with E-state index in [-0.39, 0.29) is 102 Å². The zero-order valence-electron chi connectivity index (χ0n) is 48.5. The Morgan fingerprint density at radius 1 is 0.774 bits per heavy atom. The summed E-state index contributed by atoms with van der Waals surface area (Å²) in [6.07, 6.45) is 1.61. The summed E-state index contributed by atoms with van der Waals surface area (Å²) in [4.78, 5) is 131. The molecule has 2 saturated heterocycles. The van der Waals surface area contributed by atoms with Crippen molar-refractivity contribution in [2.75, 3.05) is 105 Å². The van der Waals surface area contributed by atoms with Crippen LogP contribution in [0.2, 0.25) is 10.1 Å². The van der Waals surface area contributed by atoms with Crippen LogP contribution in [0.4, 0.5) is 4.11 Å². The lowest BCUT2D eigenvalue weighted by molar-refractivity contribution is -0.308. The third-order valence-corrected chi connectivity index (χ3v) is 20.2. The fourth-order valence-electron chi connectivity index (χ4n) is 10.8. The molecule has 3 aromatic rings. The summed E-state index contributed by atoms with van der Waals surface area (Å²) in [6, 6.07) is 9.80. The van der Waals surface area contributed by atoms with Crippen LogP contribution in [0, 0.1) is 6.57 Å². The average Bonchev–Trinajstić information content (AvgIpc) is 1.40. The maximum absolute atomic E-state index is 17.1. The van der Waals surface area contributed by atoms with E-state index in [2.05, 4.69) is 31.1 Å². The molecule has 5 N–H and O–H groups in total. The van der Waals surface area contributed by atoms with Crippen LogP contribution in [-0.4, -0.2) is 219 Å². The molecule has 0 saturated carbocycles. The molecule has 84 heavy (non-hydrogen) atoms. The van der Waals surface area contributed by atoms with Crippen molar-refractivity contribution in [1.82, 2.24) is 50.8 Å². The second-order valence-electron chi connectivity index (χ2n) is 23.0. The Balaban J connectivity index is 1.28. The quantitative estimate of drug-likeness (QED) is 0.0267. The minimum absolute atomic E-state index is 0.00793. The SMILES string of the molecule is [C-]#[N+][C@@H]1CCCN1C(=O)CNC(=O)c1ccnc2ccc(OCCCNC(=O)[C@@H](CNC(=O)c3ccc([Si]([18F])(C(C)(C)C)C(C)(C)C)cc3)NC(=O)CC[C@H](C(=O)O)N3CCN(CC(=O)[O-])CCN(CC(=O)[O-])CCN(CC(=O)[O-])CC3)cc12. The van der Waals surface area contributed by atoms with Gasteiger partial charge in [0.1, 0.15) is 17.8 Å². The van der Waals surface area contributed by atoms with E-state index >= 15 is 4.11 Å². The van der Waals surface area contributed by atoms with E-state index in [0.717, 1.165) is 0 Å². The van der Waals surface area contributed by atoms with Crippen molar-refractivity contribution < 1.29 is 72.4 Å². The monoisotopic (exact) mass is 1190 g/mol. The van der Waals surface area contributed by atoms with Crippen molar-refractivity contribution in [3.05, 3.63) is 77.3 Å². The maximum atomic E-state index is 17.1. The van der Waals surface area contributed by atoms with Crippen LogP contribution >= 0.6 is 0 Å². The number of likely N-dealkylation sites (tertiary alicyclic amines) is 1. The van der Waals surface area contributed by atoms with Gasteiger partial charge in [-0.25, -0.2) is 6.57 Å². The first kappa shape index (κ1) is 67.2. The zero-order valence-corrected chi connectivity index (χ0v) is 49.5. The number of benzene rings is 2. The number of ether oxygens (including phenoxy) is 1. The van der Waals surface area contributed by atoms with Gasteiger partial charge in [0.05, 0.1) is 42.1 Å². The fraction of sp³-hybridized carbons (Fsp3) is 0.561. The largest absolute Gasteiger partial charge is 0.549 e. The van der Waals surface area contributed by atoms with Gasteiger partial charge in [0, 0.05) is 122 Å². The second kappa shape index (κ2) is 30.8. The number of hydrogen-bond acceptors (Lipinski definition) is 18. The number of fused-ring (bicyclic) bond motifs is 1. The molecule has 3 heterocycles. The molecule has 458 valence electrons. The topological polar surface area (TPSA) is 334 Å². The Morgan fingerprint density at radius 2 is 1.35 bits per heavy atom. The Bertz CT molecular complexity index is 2830. The number of carbonyl (C=O) groups is 9. The van der Waals surface area contributed by atoms with Gasteiger partial charge in [-0.2, -0.15) is 0 Å². The molecular formula is C57H77FN11O14Si-3. The summed E-state index contributed by atoms with van der Waals surface area (Å²) in [5.74, 6) is -8.29. The van der Waals surface area contributed by atoms with Crippen LogP contribution in [0.3, 0.4) is 0 Å². The number of nitrogens with one attached hydrogen (secondary N) is 4. The number of pyridine rings is 1. The van der Waals surface area contributed by atoms with Gasteiger partial charge in [0.2, 0.25) is 17.7 Å². The summed E-state index contributed by atoms with van der Waals surface area (Å²) in [6.45, 7) is 16.5. The zero-order chi connectivity index (χ0) is 61.9. The van der Waals surface area contributed by atoms with Gasteiger partial charge < -0.3 is 64.9 Å². The van der Waals surface area contributed by atoms with E-state index in [4.69, 9.17) is 11.3 Å². The van der Waals surface area contributed by atoms with E-state index in [9.17, 15) is 63.6 Å². The molecule has 2 aliphatic rings. The third kappa shape index (κ3) is 19.2. The molecule has 0 unspecified atom stereocenters. The smallest absolute Gasteiger partial charge is 0.320 e. The number of carboxylic acids is 4. The lowest BCUT2D eigenvalue weighted by Crippen LogP contribution is -2.57. The number of rotatable bonds is 25. The molecule has 1 aromatic heterocycles. The molecule has 0 spiro atoms. The Hall–Kier alpha value is -7.64. The van der Waals surface area contributed by atoms with Gasteiger partial charge in [0.25, 0.3) is 20.2 Å². The lowest BCUT2D eigenvalue weighted by Gasteiger charge is -2.44. The van der Waals surface area contributed by atoms with Gasteiger partial charge in [0.15, 0.2) is 0 Å². The molecule has 2 fully saturated rings. The number of aliphatic carboxylic acids is 4. The van der Waals surface area contributed by atoms with E-state index in [1.54, 1.807) is 30.3 Å². The summed E-state index contributed by atoms with van der Waals surface area (Å²) in [7, 11) is -3.68. The summed E-state index contributed by atoms with van der Waals surface area (Å²) in [5, 5.41) is 55.7. The highest BCUT2D eigenvalue weighted by molar-refractivity contribution is 6.90. The molecule has 2 aliphatic heterocycles. The van der Waals surface area contributed by atoms with Crippen molar-refractivity contribution in [1.29, 1.82) is 0 Å².